The van der Waals surface area contributed by atoms with E-state index in [4.69, 9.17) is 14.5 Å². The Hall–Kier alpha value is -2.24. The molecule has 1 atom stereocenters. The van der Waals surface area contributed by atoms with Gasteiger partial charge in [-0.1, -0.05) is 13.8 Å². The second-order valence-electron chi connectivity index (χ2n) is 7.56. The van der Waals surface area contributed by atoms with Crippen LogP contribution in [0.1, 0.15) is 40.5 Å². The number of methoxy groups -OCH3 is 2. The fraction of sp³-hybridized carbons (Fsp3) is 0.600. The second kappa shape index (κ2) is 7.17. The van der Waals surface area contributed by atoms with Crippen molar-refractivity contribution >= 4 is 17.6 Å². The molecule has 0 aromatic heterocycles. The molecule has 142 valence electrons. The van der Waals surface area contributed by atoms with E-state index in [2.05, 4.69) is 18.7 Å². The zero-order chi connectivity index (χ0) is 19.0. The highest BCUT2D eigenvalue weighted by Crippen LogP contribution is 2.39. The molecule has 1 aromatic rings. The minimum absolute atomic E-state index is 0.00441. The number of anilines is 1. The van der Waals surface area contributed by atoms with Crippen LogP contribution in [-0.4, -0.2) is 49.1 Å². The highest BCUT2D eigenvalue weighted by atomic mass is 16.5. The molecule has 0 spiro atoms. The van der Waals surface area contributed by atoms with Gasteiger partial charge in [-0.3, -0.25) is 4.79 Å². The molecule has 0 saturated heterocycles. The van der Waals surface area contributed by atoms with Crippen LogP contribution < -0.4 is 14.4 Å². The maximum atomic E-state index is 13.2. The van der Waals surface area contributed by atoms with Gasteiger partial charge in [0.25, 0.3) is 5.91 Å². The number of aliphatic imine (C=N–C) groups is 1. The molecule has 0 radical (unpaired) electrons. The van der Waals surface area contributed by atoms with Gasteiger partial charge >= 0.3 is 0 Å². The number of ether oxygens (including phenoxy) is 2. The predicted octanol–water partition coefficient (Wildman–Crippen LogP) is 3.30. The number of hydrogen-bond donors (Lipinski definition) is 0. The van der Waals surface area contributed by atoms with Crippen LogP contribution >= 0.6 is 0 Å². The third-order valence-electron chi connectivity index (χ3n) is 4.91. The Bertz CT molecular complexity index is 708. The molecule has 1 saturated carbocycles. The monoisotopic (exact) mass is 359 g/mol. The van der Waals surface area contributed by atoms with Crippen LogP contribution in [0.25, 0.3) is 0 Å². The number of rotatable bonds is 6. The van der Waals surface area contributed by atoms with Gasteiger partial charge in [0.05, 0.1) is 19.9 Å². The van der Waals surface area contributed by atoms with Crippen molar-refractivity contribution in [2.45, 2.75) is 58.7 Å². The minimum atomic E-state index is -0.364. The van der Waals surface area contributed by atoms with Crippen LogP contribution in [0.15, 0.2) is 23.2 Å². The van der Waals surface area contributed by atoms with Crippen LogP contribution in [0, 0.1) is 5.92 Å². The van der Waals surface area contributed by atoms with Gasteiger partial charge < -0.3 is 14.4 Å². The summed E-state index contributed by atoms with van der Waals surface area (Å²) < 4.78 is 10.9. The summed E-state index contributed by atoms with van der Waals surface area (Å²) >= 11 is 0. The second-order valence-corrected chi connectivity index (χ2v) is 7.56. The lowest BCUT2D eigenvalue weighted by molar-refractivity contribution is -0.119. The molecule has 1 fully saturated rings. The standard InChI is InChI=1S/C20H29N3O3/c1-12(2)18-19(24)23(16-10-9-15(25-5)11-17(16)26-6)20(21-18)22(13(3)4)14-7-8-14/h9-14,18H,7-8H2,1-6H3/t18-/m0/s1. The summed E-state index contributed by atoms with van der Waals surface area (Å²) in [6.07, 6.45) is 2.29. The first-order valence-electron chi connectivity index (χ1n) is 9.31. The van der Waals surface area contributed by atoms with Gasteiger partial charge in [0.2, 0.25) is 5.96 Å². The molecule has 2 aliphatic rings. The SMILES string of the molecule is COc1ccc(N2C(=O)[C@H](C(C)C)N=C2N(C(C)C)C2CC2)c(OC)c1. The first kappa shape index (κ1) is 18.5. The highest BCUT2D eigenvalue weighted by molar-refractivity contribution is 6.22. The van der Waals surface area contributed by atoms with Crippen LogP contribution in [0.4, 0.5) is 5.69 Å². The lowest BCUT2D eigenvalue weighted by Gasteiger charge is -2.33. The molecule has 1 heterocycles. The molecular formula is C20H29N3O3. The Morgan fingerprint density at radius 2 is 1.85 bits per heavy atom. The van der Waals surface area contributed by atoms with Crippen molar-refractivity contribution in [3.63, 3.8) is 0 Å². The number of carbonyl (C=O) groups excluding carboxylic acids is 1. The fourth-order valence-electron chi connectivity index (χ4n) is 3.45. The Morgan fingerprint density at radius 1 is 1.15 bits per heavy atom. The smallest absolute Gasteiger partial charge is 0.259 e. The highest BCUT2D eigenvalue weighted by Gasteiger charge is 2.45. The molecule has 6 nitrogen and oxygen atoms in total. The van der Waals surface area contributed by atoms with E-state index in [-0.39, 0.29) is 23.9 Å². The molecule has 1 aliphatic heterocycles. The average molecular weight is 359 g/mol. The van der Waals surface area contributed by atoms with Crippen molar-refractivity contribution < 1.29 is 14.3 Å². The number of hydrogen-bond acceptors (Lipinski definition) is 5. The quantitative estimate of drug-likeness (QED) is 0.782. The number of amides is 1. The summed E-state index contributed by atoms with van der Waals surface area (Å²) in [6.45, 7) is 8.37. The van der Waals surface area contributed by atoms with E-state index in [0.717, 1.165) is 18.8 Å². The maximum Gasteiger partial charge on any atom is 0.259 e. The first-order chi connectivity index (χ1) is 12.4. The van der Waals surface area contributed by atoms with Gasteiger partial charge in [0, 0.05) is 18.2 Å². The summed E-state index contributed by atoms with van der Waals surface area (Å²) in [6, 6.07) is 5.89. The summed E-state index contributed by atoms with van der Waals surface area (Å²) in [4.78, 5) is 22.1. The topological polar surface area (TPSA) is 54.4 Å². The van der Waals surface area contributed by atoms with Gasteiger partial charge in [-0.05, 0) is 44.7 Å². The maximum absolute atomic E-state index is 13.2. The molecule has 26 heavy (non-hydrogen) atoms. The van der Waals surface area contributed by atoms with Crippen molar-refractivity contribution in [1.82, 2.24) is 4.90 Å². The molecule has 6 heteroatoms. The van der Waals surface area contributed by atoms with Gasteiger partial charge in [-0.15, -0.1) is 0 Å². The van der Waals surface area contributed by atoms with Crippen molar-refractivity contribution in [2.75, 3.05) is 19.1 Å². The summed E-state index contributed by atoms with van der Waals surface area (Å²) in [5, 5.41) is 0. The van der Waals surface area contributed by atoms with Crippen molar-refractivity contribution in [3.8, 4) is 11.5 Å². The van der Waals surface area contributed by atoms with Gasteiger partial charge in [0.1, 0.15) is 17.5 Å². The first-order valence-corrected chi connectivity index (χ1v) is 9.31. The molecule has 1 amide bonds. The summed E-state index contributed by atoms with van der Waals surface area (Å²) in [5.74, 6) is 2.19. The Balaban J connectivity index is 2.08. The number of guanidine groups is 1. The molecule has 3 rings (SSSR count). The lowest BCUT2D eigenvalue weighted by atomic mass is 10.0. The van der Waals surface area contributed by atoms with E-state index >= 15 is 0 Å². The summed E-state index contributed by atoms with van der Waals surface area (Å²) in [7, 11) is 3.22. The Labute approximate surface area is 155 Å². The van der Waals surface area contributed by atoms with E-state index in [1.165, 1.54) is 0 Å². The average Bonchev–Trinajstić information content (AvgIpc) is 3.37. The lowest BCUT2D eigenvalue weighted by Crippen LogP contribution is -2.49. The molecule has 1 aromatic carbocycles. The van der Waals surface area contributed by atoms with E-state index < -0.39 is 0 Å². The van der Waals surface area contributed by atoms with Gasteiger partial charge in [0.15, 0.2) is 0 Å². The van der Waals surface area contributed by atoms with E-state index in [0.29, 0.717) is 23.2 Å². The third kappa shape index (κ3) is 3.24. The third-order valence-corrected chi connectivity index (χ3v) is 4.91. The van der Waals surface area contributed by atoms with E-state index in [1.807, 2.05) is 26.0 Å². The van der Waals surface area contributed by atoms with E-state index in [9.17, 15) is 4.79 Å². The van der Waals surface area contributed by atoms with Crippen LogP contribution in [0.3, 0.4) is 0 Å². The van der Waals surface area contributed by atoms with E-state index in [1.54, 1.807) is 25.2 Å². The Kier molecular flexibility index (Phi) is 5.12. The number of benzene rings is 1. The molecule has 0 unspecified atom stereocenters. The molecular weight excluding hydrogens is 330 g/mol. The zero-order valence-corrected chi connectivity index (χ0v) is 16.5. The van der Waals surface area contributed by atoms with Crippen molar-refractivity contribution in [3.05, 3.63) is 18.2 Å². The molecule has 1 aliphatic carbocycles. The minimum Gasteiger partial charge on any atom is -0.497 e. The molecule has 0 N–H and O–H groups in total. The van der Waals surface area contributed by atoms with Gasteiger partial charge in [-0.25, -0.2) is 9.89 Å². The van der Waals surface area contributed by atoms with Crippen LogP contribution in [0.2, 0.25) is 0 Å². The number of carbonyl (C=O) groups is 1. The zero-order valence-electron chi connectivity index (χ0n) is 16.5. The fourth-order valence-corrected chi connectivity index (χ4v) is 3.45. The predicted molar refractivity (Wildman–Crippen MR) is 103 cm³/mol. The number of nitrogens with zero attached hydrogens (tertiary/aromatic N) is 3. The van der Waals surface area contributed by atoms with Crippen molar-refractivity contribution in [1.29, 1.82) is 0 Å². The van der Waals surface area contributed by atoms with Crippen LogP contribution in [-0.2, 0) is 4.79 Å². The largest absolute Gasteiger partial charge is 0.497 e. The molecule has 0 bridgehead atoms. The normalized spacial score (nSPS) is 20.0. The Morgan fingerprint density at radius 3 is 2.35 bits per heavy atom. The summed E-state index contributed by atoms with van der Waals surface area (Å²) in [5.41, 5.74) is 0.714. The van der Waals surface area contributed by atoms with Crippen LogP contribution in [0.5, 0.6) is 11.5 Å². The van der Waals surface area contributed by atoms with Gasteiger partial charge in [-0.2, -0.15) is 0 Å². The van der Waals surface area contributed by atoms with Crippen molar-refractivity contribution in [2.24, 2.45) is 10.9 Å².